The van der Waals surface area contributed by atoms with Crippen LogP contribution in [0.1, 0.15) is 86.3 Å². The van der Waals surface area contributed by atoms with E-state index in [0.717, 1.165) is 70.6 Å². The van der Waals surface area contributed by atoms with Crippen molar-refractivity contribution in [1.82, 2.24) is 34.6 Å². The molecule has 2 atom stereocenters. The number of rotatable bonds is 10. The summed E-state index contributed by atoms with van der Waals surface area (Å²) in [5, 5.41) is 15.1. The summed E-state index contributed by atoms with van der Waals surface area (Å²) in [6.07, 6.45) is 11.2. The average Bonchev–Trinajstić information content (AvgIpc) is 3.71. The Morgan fingerprint density at radius 1 is 1.04 bits per heavy atom. The van der Waals surface area contributed by atoms with Crippen molar-refractivity contribution in [2.75, 3.05) is 56.5 Å². The Morgan fingerprint density at radius 2 is 1.78 bits per heavy atom. The number of carbonyl (C=O) groups is 2. The summed E-state index contributed by atoms with van der Waals surface area (Å²) in [5.74, 6) is 1.39. The lowest BCUT2D eigenvalue weighted by atomic mass is 9.85. The Hall–Kier alpha value is -3.45. The van der Waals surface area contributed by atoms with Crippen LogP contribution in [0.4, 0.5) is 20.3 Å². The number of nitrogens with one attached hydrogen (secondary N) is 2. The van der Waals surface area contributed by atoms with Gasteiger partial charge >= 0.3 is 0 Å². The molecule has 2 bridgehead atoms. The molecule has 0 radical (unpaired) electrons. The molecule has 1 amide bonds. The van der Waals surface area contributed by atoms with Gasteiger partial charge in [0, 0.05) is 50.1 Å². The van der Waals surface area contributed by atoms with Gasteiger partial charge in [0.1, 0.15) is 11.3 Å². The molecule has 4 aliphatic rings. The molecule has 2 N–H and O–H groups in total. The van der Waals surface area contributed by atoms with Gasteiger partial charge in [0.05, 0.1) is 11.7 Å². The van der Waals surface area contributed by atoms with Crippen LogP contribution >= 0.6 is 0 Å². The van der Waals surface area contributed by atoms with Crippen molar-refractivity contribution in [1.29, 1.82) is 0 Å². The SMILES string of the molecule is CN(CCC1CCNCC1)CC1CCC(n2cc(NC(=O)c3c(N4C[C@H]5CC[C@H](C4)C5=O)nn4cccnc34)c(C(F)F)n2)CC1. The predicted molar refractivity (Wildman–Crippen MR) is 170 cm³/mol. The van der Waals surface area contributed by atoms with Crippen LogP contribution < -0.4 is 15.5 Å². The Labute approximate surface area is 268 Å². The third-order valence-corrected chi connectivity index (χ3v) is 10.8. The van der Waals surface area contributed by atoms with Gasteiger partial charge in [0.25, 0.3) is 12.3 Å². The van der Waals surface area contributed by atoms with E-state index in [9.17, 15) is 18.4 Å². The first-order valence-electron chi connectivity index (χ1n) is 17.0. The predicted octanol–water partition coefficient (Wildman–Crippen LogP) is 4.58. The maximum Gasteiger partial charge on any atom is 0.284 e. The van der Waals surface area contributed by atoms with Crippen LogP contribution in [-0.2, 0) is 4.79 Å². The fourth-order valence-corrected chi connectivity index (χ4v) is 8.19. The normalized spacial score (nSPS) is 25.7. The first kappa shape index (κ1) is 31.2. The smallest absolute Gasteiger partial charge is 0.284 e. The Bertz CT molecular complexity index is 1530. The first-order chi connectivity index (χ1) is 22.3. The van der Waals surface area contributed by atoms with Crippen LogP contribution in [0.3, 0.4) is 0 Å². The zero-order chi connectivity index (χ0) is 31.8. The average molecular weight is 638 g/mol. The number of piperidine rings is 2. The van der Waals surface area contributed by atoms with Crippen molar-refractivity contribution in [2.45, 2.75) is 70.3 Å². The number of fused-ring (bicyclic) bond motifs is 3. The minimum absolute atomic E-state index is 0.00916. The van der Waals surface area contributed by atoms with Gasteiger partial charge in [-0.1, -0.05) is 0 Å². The number of hydrogen-bond donors (Lipinski definition) is 2. The topological polar surface area (TPSA) is 113 Å². The fraction of sp³-hybridized carbons (Fsp3) is 0.667. The van der Waals surface area contributed by atoms with Gasteiger partial charge < -0.3 is 20.4 Å². The van der Waals surface area contributed by atoms with Gasteiger partial charge in [0.2, 0.25) is 0 Å². The number of amides is 1. The van der Waals surface area contributed by atoms with Gasteiger partial charge in [-0.05, 0) is 102 Å². The molecule has 2 saturated carbocycles. The molecule has 0 aromatic carbocycles. The van der Waals surface area contributed by atoms with E-state index in [-0.39, 0.29) is 34.9 Å². The van der Waals surface area contributed by atoms with Gasteiger partial charge in [-0.25, -0.2) is 18.3 Å². The zero-order valence-electron chi connectivity index (χ0n) is 26.6. The summed E-state index contributed by atoms with van der Waals surface area (Å²) in [7, 11) is 2.21. The second-order valence-electron chi connectivity index (χ2n) is 13.9. The summed E-state index contributed by atoms with van der Waals surface area (Å²) in [6.45, 7) is 5.40. The molecule has 0 unspecified atom stereocenters. The van der Waals surface area contributed by atoms with Gasteiger partial charge in [-0.2, -0.15) is 5.10 Å². The van der Waals surface area contributed by atoms with E-state index in [1.165, 1.54) is 23.8 Å². The van der Waals surface area contributed by atoms with Crippen molar-refractivity contribution in [2.24, 2.45) is 23.7 Å². The monoisotopic (exact) mass is 637 g/mol. The number of carbonyl (C=O) groups excluding carboxylic acids is 2. The van der Waals surface area contributed by atoms with Gasteiger partial charge in [-0.3, -0.25) is 14.3 Å². The number of hydrogen-bond acceptors (Lipinski definition) is 8. The highest BCUT2D eigenvalue weighted by Gasteiger charge is 2.42. The summed E-state index contributed by atoms with van der Waals surface area (Å²) >= 11 is 0. The molecule has 248 valence electrons. The highest BCUT2D eigenvalue weighted by atomic mass is 19.3. The molecule has 13 heteroatoms. The molecule has 3 aromatic heterocycles. The Balaban J connectivity index is 1.02. The molecular formula is C33H45F2N9O2. The second kappa shape index (κ2) is 13.3. The summed E-state index contributed by atoms with van der Waals surface area (Å²) in [5.41, 5.74) is 0.131. The fourth-order valence-electron chi connectivity index (χ4n) is 8.19. The van der Waals surface area contributed by atoms with E-state index in [1.54, 1.807) is 29.3 Å². The van der Waals surface area contributed by atoms with Crippen LogP contribution in [0.5, 0.6) is 0 Å². The van der Waals surface area contributed by atoms with E-state index in [4.69, 9.17) is 0 Å². The van der Waals surface area contributed by atoms with E-state index in [2.05, 4.69) is 37.8 Å². The van der Waals surface area contributed by atoms with E-state index in [1.807, 2.05) is 4.90 Å². The van der Waals surface area contributed by atoms with Crippen molar-refractivity contribution in [3.63, 3.8) is 0 Å². The number of Topliss-reactive ketones (excluding diaryl/α,β-unsaturated/α-hetero) is 1. The molecule has 0 spiro atoms. The molecule has 2 aliphatic carbocycles. The van der Waals surface area contributed by atoms with Crippen molar-refractivity contribution in [3.8, 4) is 0 Å². The molecule has 7 rings (SSSR count). The standard InChI is InChI=1S/C33H45F2N9O2/c1-41(16-11-21-9-13-36-14-10-21)17-22-3-7-25(8-4-22)44-20-26(28(39-44)30(34)35)38-33(46)27-31-37-12-2-15-43(31)40-32(27)42-18-23-5-6-24(19-42)29(23)45/h2,12,15,20-25,30,36H,3-11,13-14,16-19H2,1H3,(H,38,46)/t22?,23-,24-,25?/m1/s1. The third-order valence-electron chi connectivity index (χ3n) is 10.8. The number of nitrogens with zero attached hydrogens (tertiary/aromatic N) is 7. The van der Waals surface area contributed by atoms with Crippen molar-refractivity contribution < 1.29 is 18.4 Å². The highest BCUT2D eigenvalue weighted by molar-refractivity contribution is 6.12. The van der Waals surface area contributed by atoms with Crippen LogP contribution in [0.2, 0.25) is 0 Å². The lowest BCUT2D eigenvalue weighted by Crippen LogP contribution is -2.43. The Morgan fingerprint density at radius 3 is 2.50 bits per heavy atom. The molecule has 4 fully saturated rings. The van der Waals surface area contributed by atoms with Crippen molar-refractivity contribution in [3.05, 3.63) is 35.9 Å². The van der Waals surface area contributed by atoms with E-state index in [0.29, 0.717) is 30.5 Å². The zero-order valence-corrected chi connectivity index (χ0v) is 26.6. The number of alkyl halides is 2. The molecule has 3 aromatic rings. The minimum atomic E-state index is -2.84. The highest BCUT2D eigenvalue weighted by Crippen LogP contribution is 2.38. The summed E-state index contributed by atoms with van der Waals surface area (Å²) < 4.78 is 31.7. The van der Waals surface area contributed by atoms with Gasteiger partial charge in [-0.15, -0.1) is 5.10 Å². The first-order valence-corrected chi connectivity index (χ1v) is 17.0. The van der Waals surface area contributed by atoms with E-state index < -0.39 is 18.0 Å². The number of halogens is 2. The van der Waals surface area contributed by atoms with E-state index >= 15 is 0 Å². The number of anilines is 2. The maximum absolute atomic E-state index is 14.3. The van der Waals surface area contributed by atoms with Crippen LogP contribution in [0.15, 0.2) is 24.7 Å². The van der Waals surface area contributed by atoms with Crippen LogP contribution in [-0.4, -0.2) is 87.3 Å². The molecular weight excluding hydrogens is 592 g/mol. The lowest BCUT2D eigenvalue weighted by molar-refractivity contribution is -0.124. The third kappa shape index (κ3) is 6.40. The second-order valence-corrected chi connectivity index (χ2v) is 13.9. The van der Waals surface area contributed by atoms with Crippen LogP contribution in [0.25, 0.3) is 5.65 Å². The Kier molecular flexibility index (Phi) is 9.04. The largest absolute Gasteiger partial charge is 0.353 e. The molecule has 5 heterocycles. The van der Waals surface area contributed by atoms with Gasteiger partial charge in [0.15, 0.2) is 17.2 Å². The van der Waals surface area contributed by atoms with Crippen LogP contribution in [0, 0.1) is 23.7 Å². The molecule has 46 heavy (non-hydrogen) atoms. The molecule has 2 saturated heterocycles. The summed E-state index contributed by atoms with van der Waals surface area (Å²) in [4.78, 5) is 35.3. The number of ketones is 1. The molecule has 2 aliphatic heterocycles. The number of aromatic nitrogens is 5. The quantitative estimate of drug-likeness (QED) is 0.332. The summed E-state index contributed by atoms with van der Waals surface area (Å²) in [6, 6.07) is 1.73. The minimum Gasteiger partial charge on any atom is -0.353 e. The molecule has 11 nitrogen and oxygen atoms in total. The lowest BCUT2D eigenvalue weighted by Gasteiger charge is -2.32. The maximum atomic E-state index is 14.3. The van der Waals surface area contributed by atoms with Crippen molar-refractivity contribution >= 4 is 28.8 Å².